The monoisotopic (exact) mass is 263 g/mol. The summed E-state index contributed by atoms with van der Waals surface area (Å²) in [5, 5.41) is 0. The van der Waals surface area contributed by atoms with Crippen LogP contribution < -0.4 is 5.73 Å². The number of nitrogens with two attached hydrogens (primary N) is 1. The molecule has 1 aromatic carbocycles. The first-order valence-corrected chi connectivity index (χ1v) is 6.87. The fourth-order valence-electron chi connectivity index (χ4n) is 1.54. The van der Waals surface area contributed by atoms with Gasteiger partial charge in [-0.25, -0.2) is 17.2 Å². The molecule has 2 N–H and O–H groups in total. The van der Waals surface area contributed by atoms with E-state index >= 15 is 0 Å². The summed E-state index contributed by atoms with van der Waals surface area (Å²) in [5.74, 6) is -2.13. The van der Waals surface area contributed by atoms with Gasteiger partial charge < -0.3 is 5.73 Å². The third-order valence-electron chi connectivity index (χ3n) is 2.15. The van der Waals surface area contributed by atoms with Crippen molar-refractivity contribution in [2.24, 2.45) is 5.73 Å². The molecule has 0 bridgehead atoms. The van der Waals surface area contributed by atoms with Gasteiger partial charge >= 0.3 is 0 Å². The Hall–Kier alpha value is -1.01. The minimum Gasteiger partial charge on any atom is -0.325 e. The molecule has 96 valence electrons. The number of halogens is 2. The highest BCUT2D eigenvalue weighted by Gasteiger charge is 2.24. The molecule has 3 nitrogen and oxygen atoms in total. The van der Waals surface area contributed by atoms with Gasteiger partial charge in [0, 0.05) is 11.8 Å². The smallest absolute Gasteiger partial charge is 0.181 e. The molecule has 0 unspecified atom stereocenters. The summed E-state index contributed by atoms with van der Waals surface area (Å²) in [6, 6.07) is 2.16. The first kappa shape index (κ1) is 14.1. The molecule has 1 rings (SSSR count). The first-order valence-electron chi connectivity index (χ1n) is 4.98. The van der Waals surface area contributed by atoms with Crippen molar-refractivity contribution in [1.29, 1.82) is 0 Å². The van der Waals surface area contributed by atoms with Gasteiger partial charge in [0.15, 0.2) is 9.84 Å². The van der Waals surface area contributed by atoms with E-state index in [9.17, 15) is 17.2 Å². The second-order valence-corrected chi connectivity index (χ2v) is 6.74. The van der Waals surface area contributed by atoms with E-state index in [-0.39, 0.29) is 12.0 Å². The van der Waals surface area contributed by atoms with Crippen LogP contribution in [0.25, 0.3) is 0 Å². The van der Waals surface area contributed by atoms with Crippen molar-refractivity contribution in [2.45, 2.75) is 30.7 Å². The molecule has 0 atom stereocenters. The lowest BCUT2D eigenvalue weighted by molar-refractivity contribution is 0.474. The summed E-state index contributed by atoms with van der Waals surface area (Å²) in [6.07, 6.45) is 0.896. The molecule has 0 aliphatic heterocycles. The van der Waals surface area contributed by atoms with Crippen molar-refractivity contribution in [3.63, 3.8) is 0 Å². The Morgan fingerprint density at radius 3 is 2.24 bits per heavy atom. The SMILES string of the molecule is CC(C)(N)Cc1ccc(F)c(S(C)(=O)=O)c1F. The van der Waals surface area contributed by atoms with Gasteiger partial charge in [-0.2, -0.15) is 0 Å². The molecule has 0 saturated heterocycles. The van der Waals surface area contributed by atoms with Crippen LogP contribution >= 0.6 is 0 Å². The van der Waals surface area contributed by atoms with Crippen molar-refractivity contribution in [3.8, 4) is 0 Å². The molecule has 0 heterocycles. The van der Waals surface area contributed by atoms with Gasteiger partial charge in [0.2, 0.25) is 0 Å². The Balaban J connectivity index is 3.40. The molecule has 0 aliphatic rings. The van der Waals surface area contributed by atoms with Crippen molar-refractivity contribution >= 4 is 9.84 Å². The van der Waals surface area contributed by atoms with E-state index in [2.05, 4.69) is 0 Å². The summed E-state index contributed by atoms with van der Waals surface area (Å²) in [5.41, 5.74) is 5.12. The van der Waals surface area contributed by atoms with Crippen LogP contribution in [0.4, 0.5) is 8.78 Å². The zero-order valence-corrected chi connectivity index (χ0v) is 10.7. The molecule has 0 radical (unpaired) electrons. The topological polar surface area (TPSA) is 60.2 Å². The largest absolute Gasteiger partial charge is 0.325 e. The molecule has 6 heteroatoms. The van der Waals surface area contributed by atoms with Gasteiger partial charge in [0.05, 0.1) is 0 Å². The van der Waals surface area contributed by atoms with Crippen LogP contribution in [0.1, 0.15) is 19.4 Å². The zero-order valence-electron chi connectivity index (χ0n) is 9.92. The second-order valence-electron chi connectivity index (χ2n) is 4.79. The fourth-order valence-corrected chi connectivity index (χ4v) is 2.42. The van der Waals surface area contributed by atoms with E-state index in [1.54, 1.807) is 13.8 Å². The lowest BCUT2D eigenvalue weighted by Gasteiger charge is -2.19. The van der Waals surface area contributed by atoms with Crippen molar-refractivity contribution in [1.82, 2.24) is 0 Å². The Bertz CT molecular complexity index is 533. The van der Waals surface area contributed by atoms with E-state index in [1.165, 1.54) is 6.07 Å². The van der Waals surface area contributed by atoms with Crippen LogP contribution in [0.3, 0.4) is 0 Å². The molecular formula is C11H15F2NO2S. The molecule has 0 amide bonds. The van der Waals surface area contributed by atoms with Gasteiger partial charge in [-0.15, -0.1) is 0 Å². The normalized spacial score (nSPS) is 12.8. The fraction of sp³-hybridized carbons (Fsp3) is 0.455. The zero-order chi connectivity index (χ0) is 13.4. The van der Waals surface area contributed by atoms with E-state index in [4.69, 9.17) is 5.73 Å². The summed E-state index contributed by atoms with van der Waals surface area (Å²) in [7, 11) is -3.93. The number of rotatable bonds is 3. The van der Waals surface area contributed by atoms with Crippen molar-refractivity contribution in [3.05, 3.63) is 29.3 Å². The molecule has 0 fully saturated rings. The van der Waals surface area contributed by atoms with Gasteiger partial charge in [0.1, 0.15) is 16.5 Å². The van der Waals surface area contributed by atoms with Crippen LogP contribution in [-0.4, -0.2) is 20.2 Å². The number of hydrogen-bond acceptors (Lipinski definition) is 3. The average molecular weight is 263 g/mol. The third kappa shape index (κ3) is 3.47. The Morgan fingerprint density at radius 2 is 1.82 bits per heavy atom. The van der Waals surface area contributed by atoms with Crippen LogP contribution in [0.2, 0.25) is 0 Å². The van der Waals surface area contributed by atoms with E-state index in [1.807, 2.05) is 0 Å². The van der Waals surface area contributed by atoms with Crippen LogP contribution in [0.15, 0.2) is 17.0 Å². The number of sulfone groups is 1. The van der Waals surface area contributed by atoms with Gasteiger partial charge in [-0.3, -0.25) is 0 Å². The molecule has 0 spiro atoms. The molecule has 17 heavy (non-hydrogen) atoms. The van der Waals surface area contributed by atoms with Crippen molar-refractivity contribution in [2.75, 3.05) is 6.26 Å². The predicted octanol–water partition coefficient (Wildman–Crippen LogP) is 1.65. The summed E-state index contributed by atoms with van der Waals surface area (Å²) in [4.78, 5) is -0.890. The summed E-state index contributed by atoms with van der Waals surface area (Å²) in [6.45, 7) is 3.35. The predicted molar refractivity (Wildman–Crippen MR) is 61.4 cm³/mol. The van der Waals surface area contributed by atoms with Gasteiger partial charge in [-0.1, -0.05) is 6.07 Å². The highest BCUT2D eigenvalue weighted by molar-refractivity contribution is 7.90. The first-order chi connectivity index (χ1) is 7.52. The molecule has 0 aromatic heterocycles. The average Bonchev–Trinajstić information content (AvgIpc) is 2.06. The minimum atomic E-state index is -3.93. The number of hydrogen-bond donors (Lipinski definition) is 1. The highest BCUT2D eigenvalue weighted by atomic mass is 32.2. The second kappa shape index (κ2) is 4.34. The van der Waals surface area contributed by atoms with Crippen LogP contribution in [0, 0.1) is 11.6 Å². The van der Waals surface area contributed by atoms with E-state index in [0.29, 0.717) is 0 Å². The van der Waals surface area contributed by atoms with Gasteiger partial charge in [0.25, 0.3) is 0 Å². The Morgan fingerprint density at radius 1 is 1.29 bits per heavy atom. The molecule has 1 aromatic rings. The third-order valence-corrected chi connectivity index (χ3v) is 3.26. The molecule has 0 saturated carbocycles. The lowest BCUT2D eigenvalue weighted by atomic mass is 9.96. The Kier molecular flexibility index (Phi) is 3.59. The van der Waals surface area contributed by atoms with Crippen LogP contribution in [0.5, 0.6) is 0 Å². The highest BCUT2D eigenvalue weighted by Crippen LogP contribution is 2.24. The maximum absolute atomic E-state index is 13.9. The molecular weight excluding hydrogens is 248 g/mol. The minimum absolute atomic E-state index is 0.0966. The molecule has 0 aliphatic carbocycles. The quantitative estimate of drug-likeness (QED) is 0.902. The van der Waals surface area contributed by atoms with E-state index in [0.717, 1.165) is 12.3 Å². The maximum Gasteiger partial charge on any atom is 0.181 e. The Labute approximate surface area is 99.6 Å². The van der Waals surface area contributed by atoms with Crippen molar-refractivity contribution < 1.29 is 17.2 Å². The van der Waals surface area contributed by atoms with Gasteiger partial charge in [-0.05, 0) is 31.9 Å². The summed E-state index contributed by atoms with van der Waals surface area (Å²) >= 11 is 0. The number of benzene rings is 1. The summed E-state index contributed by atoms with van der Waals surface area (Å²) < 4.78 is 49.8. The lowest BCUT2D eigenvalue weighted by Crippen LogP contribution is -2.35. The standard InChI is InChI=1S/C11H15F2NO2S/c1-11(2,14)6-7-4-5-8(12)10(9(7)13)17(3,15)16/h4-5H,6,14H2,1-3H3. The van der Waals surface area contributed by atoms with Crippen LogP contribution in [-0.2, 0) is 16.3 Å². The van der Waals surface area contributed by atoms with E-state index < -0.39 is 31.9 Å². The maximum atomic E-state index is 13.9.